The van der Waals surface area contributed by atoms with Crippen LogP contribution in [0.15, 0.2) is 0 Å². The smallest absolute Gasteiger partial charge is 0.249 e. The fourth-order valence-corrected chi connectivity index (χ4v) is 5.07. The highest BCUT2D eigenvalue weighted by molar-refractivity contribution is 5.80. The maximum Gasteiger partial charge on any atom is 0.249 e. The van der Waals surface area contributed by atoms with Crippen LogP contribution in [0, 0.1) is 0 Å². The number of nitrogens with one attached hydrogen (secondary N) is 1. The molecule has 3 unspecified atom stereocenters. The Hall–Kier alpha value is -0.650. The highest BCUT2D eigenvalue weighted by Crippen LogP contribution is 2.15. The van der Waals surface area contributed by atoms with E-state index in [9.17, 15) is 20.1 Å². The van der Waals surface area contributed by atoms with Crippen LogP contribution in [-0.2, 0) is 4.79 Å². The van der Waals surface area contributed by atoms with E-state index < -0.39 is 24.2 Å². The van der Waals surface area contributed by atoms with Gasteiger partial charge in [0.25, 0.3) is 0 Å². The molecule has 0 aromatic rings. The summed E-state index contributed by atoms with van der Waals surface area (Å²) in [6.45, 7) is 4.18. The normalized spacial score (nSPS) is 14.0. The zero-order valence-corrected chi connectivity index (χ0v) is 24.9. The second-order valence-corrected chi connectivity index (χ2v) is 11.4. The molecule has 0 fully saturated rings. The van der Waals surface area contributed by atoms with Crippen molar-refractivity contribution in [2.45, 2.75) is 193 Å². The number of carbonyl (C=O) groups is 1. The van der Waals surface area contributed by atoms with E-state index in [-0.39, 0.29) is 6.61 Å². The summed E-state index contributed by atoms with van der Waals surface area (Å²) >= 11 is 0. The number of carbonyl (C=O) groups excluding carboxylic acids is 1. The number of rotatable bonds is 29. The van der Waals surface area contributed by atoms with E-state index in [0.717, 1.165) is 32.1 Å². The topological polar surface area (TPSA) is 89.8 Å². The quantitative estimate of drug-likeness (QED) is 0.0742. The molecule has 1 amide bonds. The highest BCUT2D eigenvalue weighted by Gasteiger charge is 2.23. The van der Waals surface area contributed by atoms with Gasteiger partial charge in [-0.2, -0.15) is 0 Å². The molecule has 222 valence electrons. The van der Waals surface area contributed by atoms with Crippen molar-refractivity contribution in [3.63, 3.8) is 0 Å². The Morgan fingerprint density at radius 3 is 1.22 bits per heavy atom. The average Bonchev–Trinajstić information content (AvgIpc) is 2.90. The van der Waals surface area contributed by atoms with Crippen molar-refractivity contribution in [2.24, 2.45) is 0 Å². The zero-order chi connectivity index (χ0) is 27.4. The lowest BCUT2D eigenvalue weighted by Crippen LogP contribution is -2.49. The van der Waals surface area contributed by atoms with Crippen LogP contribution in [0.25, 0.3) is 0 Å². The minimum absolute atomic E-state index is 0.309. The molecule has 4 N–H and O–H groups in total. The molecule has 37 heavy (non-hydrogen) atoms. The summed E-state index contributed by atoms with van der Waals surface area (Å²) in [6, 6.07) is -0.702. The van der Waals surface area contributed by atoms with Crippen molar-refractivity contribution in [1.82, 2.24) is 5.32 Å². The van der Waals surface area contributed by atoms with Gasteiger partial charge in [-0.05, 0) is 12.8 Å². The molecule has 0 aliphatic rings. The second kappa shape index (κ2) is 28.4. The van der Waals surface area contributed by atoms with Gasteiger partial charge in [-0.3, -0.25) is 4.79 Å². The number of unbranched alkanes of at least 4 members (excludes halogenated alkanes) is 21. The standard InChI is InChI=1S/C32H65NO4/c1-3-5-7-9-11-13-14-15-16-17-19-20-22-24-26-30(35)29(28-34)33-32(37)31(36)27-25-23-21-18-12-10-8-6-4-2/h29-31,34-36H,3-28H2,1-2H3,(H,33,37). The Balaban J connectivity index is 3.70. The predicted octanol–water partition coefficient (Wildman–Crippen LogP) is 7.98. The van der Waals surface area contributed by atoms with Gasteiger partial charge in [0.05, 0.1) is 18.8 Å². The Bertz CT molecular complexity index is 474. The van der Waals surface area contributed by atoms with E-state index >= 15 is 0 Å². The van der Waals surface area contributed by atoms with Gasteiger partial charge in [0.2, 0.25) is 5.91 Å². The highest BCUT2D eigenvalue weighted by atomic mass is 16.3. The number of hydrogen-bond acceptors (Lipinski definition) is 4. The monoisotopic (exact) mass is 527 g/mol. The van der Waals surface area contributed by atoms with Crippen LogP contribution < -0.4 is 5.32 Å². The Morgan fingerprint density at radius 2 is 0.865 bits per heavy atom. The molecule has 0 radical (unpaired) electrons. The molecule has 0 aliphatic carbocycles. The molecule has 0 spiro atoms. The first kappa shape index (κ1) is 36.4. The molecule has 0 aliphatic heterocycles. The van der Waals surface area contributed by atoms with Crippen LogP contribution in [0.5, 0.6) is 0 Å². The maximum atomic E-state index is 12.3. The molecule has 5 nitrogen and oxygen atoms in total. The lowest BCUT2D eigenvalue weighted by molar-refractivity contribution is -0.131. The first-order chi connectivity index (χ1) is 18.1. The van der Waals surface area contributed by atoms with Crippen LogP contribution >= 0.6 is 0 Å². The van der Waals surface area contributed by atoms with E-state index in [1.54, 1.807) is 0 Å². The maximum absolute atomic E-state index is 12.3. The summed E-state index contributed by atoms with van der Waals surface area (Å²) in [7, 11) is 0. The van der Waals surface area contributed by atoms with Gasteiger partial charge in [-0.15, -0.1) is 0 Å². The van der Waals surface area contributed by atoms with E-state index in [1.807, 2.05) is 0 Å². The lowest BCUT2D eigenvalue weighted by atomic mass is 10.0. The summed E-state index contributed by atoms with van der Waals surface area (Å²) in [5, 5.41) is 32.9. The van der Waals surface area contributed by atoms with E-state index in [2.05, 4.69) is 19.2 Å². The van der Waals surface area contributed by atoms with Crippen LogP contribution in [-0.4, -0.2) is 46.1 Å². The Kier molecular flexibility index (Phi) is 27.9. The van der Waals surface area contributed by atoms with Crippen molar-refractivity contribution in [1.29, 1.82) is 0 Å². The van der Waals surface area contributed by atoms with Crippen LogP contribution in [0.4, 0.5) is 0 Å². The Labute approximate surface area is 230 Å². The molecule has 0 rings (SSSR count). The first-order valence-corrected chi connectivity index (χ1v) is 16.3. The molecule has 0 bridgehead atoms. The summed E-state index contributed by atoms with van der Waals surface area (Å²) in [4.78, 5) is 12.3. The second-order valence-electron chi connectivity index (χ2n) is 11.4. The zero-order valence-electron chi connectivity index (χ0n) is 24.9. The molecular formula is C32H65NO4. The summed E-state index contributed by atoms with van der Waals surface area (Å²) in [5.74, 6) is -0.473. The molecule has 5 heteroatoms. The predicted molar refractivity (Wildman–Crippen MR) is 158 cm³/mol. The molecular weight excluding hydrogens is 462 g/mol. The molecule has 0 aromatic carbocycles. The van der Waals surface area contributed by atoms with Crippen molar-refractivity contribution in [2.75, 3.05) is 6.61 Å². The van der Waals surface area contributed by atoms with Gasteiger partial charge in [0.15, 0.2) is 0 Å². The van der Waals surface area contributed by atoms with Crippen LogP contribution in [0.3, 0.4) is 0 Å². The van der Waals surface area contributed by atoms with Gasteiger partial charge < -0.3 is 20.6 Å². The van der Waals surface area contributed by atoms with Gasteiger partial charge in [-0.1, -0.05) is 162 Å². The molecule has 0 aromatic heterocycles. The average molecular weight is 528 g/mol. The van der Waals surface area contributed by atoms with Crippen molar-refractivity contribution in [3.8, 4) is 0 Å². The fourth-order valence-electron chi connectivity index (χ4n) is 5.07. The summed E-state index contributed by atoms with van der Waals surface area (Å²) < 4.78 is 0. The Morgan fingerprint density at radius 1 is 0.541 bits per heavy atom. The molecule has 3 atom stereocenters. The van der Waals surface area contributed by atoms with Gasteiger partial charge in [0, 0.05) is 0 Å². The van der Waals surface area contributed by atoms with Crippen LogP contribution in [0.2, 0.25) is 0 Å². The van der Waals surface area contributed by atoms with Crippen molar-refractivity contribution in [3.05, 3.63) is 0 Å². The number of aliphatic hydroxyl groups is 3. The summed E-state index contributed by atoms with van der Waals surface area (Å²) in [6.07, 6.45) is 28.0. The lowest BCUT2D eigenvalue weighted by Gasteiger charge is -2.23. The summed E-state index contributed by atoms with van der Waals surface area (Å²) in [5.41, 5.74) is 0. The van der Waals surface area contributed by atoms with Crippen LogP contribution in [0.1, 0.15) is 174 Å². The third-order valence-corrected chi connectivity index (χ3v) is 7.73. The molecule has 0 saturated heterocycles. The minimum Gasteiger partial charge on any atom is -0.394 e. The van der Waals surface area contributed by atoms with Crippen molar-refractivity contribution >= 4 is 5.91 Å². The van der Waals surface area contributed by atoms with Gasteiger partial charge in [-0.25, -0.2) is 0 Å². The van der Waals surface area contributed by atoms with E-state index in [0.29, 0.717) is 12.8 Å². The SMILES string of the molecule is CCCCCCCCCCCCCCCCC(O)C(CO)NC(=O)C(O)CCCCCCCCCCC. The number of aliphatic hydroxyl groups excluding tert-OH is 3. The molecule has 0 heterocycles. The van der Waals surface area contributed by atoms with E-state index in [4.69, 9.17) is 0 Å². The number of amides is 1. The molecule has 0 saturated carbocycles. The first-order valence-electron chi connectivity index (χ1n) is 16.3. The van der Waals surface area contributed by atoms with Gasteiger partial charge in [0.1, 0.15) is 6.10 Å². The minimum atomic E-state index is -1.06. The fraction of sp³-hybridized carbons (Fsp3) is 0.969. The third-order valence-electron chi connectivity index (χ3n) is 7.73. The van der Waals surface area contributed by atoms with Crippen molar-refractivity contribution < 1.29 is 20.1 Å². The van der Waals surface area contributed by atoms with Gasteiger partial charge >= 0.3 is 0 Å². The third kappa shape index (κ3) is 24.1. The largest absolute Gasteiger partial charge is 0.394 e. The van der Waals surface area contributed by atoms with E-state index in [1.165, 1.54) is 116 Å². The number of hydrogen-bond donors (Lipinski definition) is 4.